The van der Waals surface area contributed by atoms with Crippen molar-refractivity contribution in [2.45, 2.75) is 25.3 Å². The number of hydrogen-bond donors (Lipinski definition) is 0. The minimum atomic E-state index is -4.68. The van der Waals surface area contributed by atoms with E-state index in [2.05, 4.69) is 0 Å². The summed E-state index contributed by atoms with van der Waals surface area (Å²) in [5.41, 5.74) is -2.22. The van der Waals surface area contributed by atoms with Gasteiger partial charge in [-0.25, -0.2) is 12.8 Å². The van der Waals surface area contributed by atoms with E-state index in [4.69, 9.17) is 0 Å². The summed E-state index contributed by atoms with van der Waals surface area (Å²) in [5, 5.41) is 0. The van der Waals surface area contributed by atoms with Gasteiger partial charge in [0.2, 0.25) is 0 Å². The van der Waals surface area contributed by atoms with Gasteiger partial charge in [0.05, 0.1) is 0 Å². The average molecular weight is 194 g/mol. The molecule has 0 fully saturated rings. The molecule has 0 rings (SSSR count). The molecule has 0 radical (unpaired) electrons. The monoisotopic (exact) mass is 194 g/mol. The molecule has 56 valence electrons. The fraction of sp³-hybridized carbons (Fsp3) is 1.00. The van der Waals surface area contributed by atoms with Gasteiger partial charge in [-0.1, -0.05) is 13.3 Å². The minimum Gasteiger partial charge on any atom is -0.746 e. The summed E-state index contributed by atoms with van der Waals surface area (Å²) >= 11 is 0. The van der Waals surface area contributed by atoms with Crippen LogP contribution in [0.4, 0.5) is 4.39 Å². The zero-order valence-electron chi connectivity index (χ0n) is 6.00. The standard InChI is InChI=1S/C4H9FO3S.K/c1-2-3-4(5)9(6,7)8;/h4H,2-3H2,1H3,(H,6,7,8);/q;+1/p-1. The van der Waals surface area contributed by atoms with E-state index in [0.29, 0.717) is 6.42 Å². The Morgan fingerprint density at radius 3 is 2.10 bits per heavy atom. The largest absolute Gasteiger partial charge is 1.00 e. The zero-order valence-corrected chi connectivity index (χ0v) is 9.94. The van der Waals surface area contributed by atoms with Crippen LogP contribution in [0.5, 0.6) is 0 Å². The molecule has 0 aliphatic carbocycles. The summed E-state index contributed by atoms with van der Waals surface area (Å²) in [4.78, 5) is 0. The molecule has 0 N–H and O–H groups in total. The summed E-state index contributed by atoms with van der Waals surface area (Å²) in [6.07, 6.45) is 0.161. The SMILES string of the molecule is CCCC(F)S(=O)(=O)[O-].[K+]. The Labute approximate surface area is 103 Å². The van der Waals surface area contributed by atoms with Crippen LogP contribution in [-0.4, -0.2) is 18.5 Å². The molecule has 0 aromatic heterocycles. The first-order chi connectivity index (χ1) is 3.98. The van der Waals surface area contributed by atoms with Crippen molar-refractivity contribution in [2.75, 3.05) is 0 Å². The van der Waals surface area contributed by atoms with E-state index in [0.717, 1.165) is 0 Å². The summed E-state index contributed by atoms with van der Waals surface area (Å²) in [6, 6.07) is 0. The van der Waals surface area contributed by atoms with Crippen LogP contribution in [0.25, 0.3) is 0 Å². The second-order valence-corrected chi connectivity index (χ2v) is 3.19. The van der Waals surface area contributed by atoms with Gasteiger partial charge in [-0.05, 0) is 6.42 Å². The van der Waals surface area contributed by atoms with Crippen LogP contribution in [0, 0.1) is 0 Å². The Morgan fingerprint density at radius 2 is 2.00 bits per heavy atom. The van der Waals surface area contributed by atoms with Crippen LogP contribution in [-0.2, 0) is 10.1 Å². The minimum absolute atomic E-state index is 0. The van der Waals surface area contributed by atoms with Crippen LogP contribution in [0.3, 0.4) is 0 Å². The van der Waals surface area contributed by atoms with E-state index >= 15 is 0 Å². The molecule has 0 saturated heterocycles. The molecule has 0 aromatic rings. The molecule has 0 aromatic carbocycles. The molecular weight excluding hydrogens is 186 g/mol. The normalized spacial score (nSPS) is 13.9. The maximum Gasteiger partial charge on any atom is 1.00 e. The van der Waals surface area contributed by atoms with Gasteiger partial charge in [0.25, 0.3) is 0 Å². The summed E-state index contributed by atoms with van der Waals surface area (Å²) in [5.74, 6) is 0. The van der Waals surface area contributed by atoms with Crippen molar-refractivity contribution < 1.29 is 68.7 Å². The first-order valence-corrected chi connectivity index (χ1v) is 4.04. The third kappa shape index (κ3) is 6.20. The molecule has 1 atom stereocenters. The topological polar surface area (TPSA) is 57.2 Å². The van der Waals surface area contributed by atoms with Gasteiger partial charge < -0.3 is 4.55 Å². The average Bonchev–Trinajstić information content (AvgIpc) is 1.64. The fourth-order valence-electron chi connectivity index (χ4n) is 0.371. The van der Waals surface area contributed by atoms with Gasteiger partial charge in [-0.3, -0.25) is 0 Å². The van der Waals surface area contributed by atoms with Crippen molar-refractivity contribution in [2.24, 2.45) is 0 Å². The Bertz CT molecular complexity index is 167. The smallest absolute Gasteiger partial charge is 0.746 e. The second-order valence-electron chi connectivity index (χ2n) is 1.69. The maximum atomic E-state index is 12.0. The van der Waals surface area contributed by atoms with Crippen molar-refractivity contribution in [3.8, 4) is 0 Å². The van der Waals surface area contributed by atoms with E-state index in [1.807, 2.05) is 0 Å². The molecule has 0 saturated carbocycles. The van der Waals surface area contributed by atoms with Gasteiger partial charge in [0.15, 0.2) is 5.50 Å². The summed E-state index contributed by atoms with van der Waals surface area (Å²) in [6.45, 7) is 1.61. The van der Waals surface area contributed by atoms with Crippen LogP contribution >= 0.6 is 0 Å². The van der Waals surface area contributed by atoms with Gasteiger partial charge in [0, 0.05) is 0 Å². The first kappa shape index (κ1) is 14.0. The van der Waals surface area contributed by atoms with E-state index in [1.54, 1.807) is 6.92 Å². The van der Waals surface area contributed by atoms with Crippen LogP contribution in [0.15, 0.2) is 0 Å². The van der Waals surface area contributed by atoms with Crippen molar-refractivity contribution in [1.82, 2.24) is 0 Å². The maximum absolute atomic E-state index is 12.0. The Kier molecular flexibility index (Phi) is 8.48. The molecule has 0 heterocycles. The van der Waals surface area contributed by atoms with Crippen molar-refractivity contribution in [3.05, 3.63) is 0 Å². The van der Waals surface area contributed by atoms with E-state index < -0.39 is 15.6 Å². The van der Waals surface area contributed by atoms with Gasteiger partial charge in [-0.2, -0.15) is 0 Å². The molecule has 0 spiro atoms. The second kappa shape index (κ2) is 6.04. The Hall–Kier alpha value is 1.48. The molecule has 0 aliphatic rings. The van der Waals surface area contributed by atoms with Gasteiger partial charge in [-0.15, -0.1) is 0 Å². The number of rotatable bonds is 3. The molecule has 0 amide bonds. The predicted molar refractivity (Wildman–Crippen MR) is 29.5 cm³/mol. The summed E-state index contributed by atoms with van der Waals surface area (Å²) in [7, 11) is -4.68. The van der Waals surface area contributed by atoms with Crippen LogP contribution < -0.4 is 51.4 Å². The van der Waals surface area contributed by atoms with Crippen molar-refractivity contribution in [1.29, 1.82) is 0 Å². The quantitative estimate of drug-likeness (QED) is 0.373. The summed E-state index contributed by atoms with van der Waals surface area (Å²) < 4.78 is 41.4. The number of alkyl halides is 1. The fourth-order valence-corrected chi connectivity index (χ4v) is 0.896. The van der Waals surface area contributed by atoms with Gasteiger partial charge in [0.1, 0.15) is 10.1 Å². The van der Waals surface area contributed by atoms with E-state index in [1.165, 1.54) is 0 Å². The van der Waals surface area contributed by atoms with E-state index in [-0.39, 0.29) is 57.8 Å². The van der Waals surface area contributed by atoms with E-state index in [9.17, 15) is 17.4 Å². The van der Waals surface area contributed by atoms with Gasteiger partial charge >= 0.3 is 51.4 Å². The number of hydrogen-bond acceptors (Lipinski definition) is 3. The third-order valence-electron chi connectivity index (χ3n) is 0.829. The van der Waals surface area contributed by atoms with Crippen molar-refractivity contribution >= 4 is 10.1 Å². The molecular formula is C4H8FKO3S. The zero-order chi connectivity index (χ0) is 7.49. The Balaban J connectivity index is 0. The molecule has 0 aliphatic heterocycles. The molecule has 10 heavy (non-hydrogen) atoms. The molecule has 3 nitrogen and oxygen atoms in total. The Morgan fingerprint density at radius 1 is 1.60 bits per heavy atom. The first-order valence-electron chi connectivity index (χ1n) is 2.57. The van der Waals surface area contributed by atoms with Crippen LogP contribution in [0.2, 0.25) is 0 Å². The molecule has 0 bridgehead atoms. The third-order valence-corrected chi connectivity index (χ3v) is 1.69. The number of halogens is 1. The molecule has 1 unspecified atom stereocenters. The van der Waals surface area contributed by atoms with Crippen molar-refractivity contribution in [3.63, 3.8) is 0 Å². The van der Waals surface area contributed by atoms with Crippen LogP contribution in [0.1, 0.15) is 19.8 Å². The molecule has 6 heteroatoms. The predicted octanol–water partition coefficient (Wildman–Crippen LogP) is -2.37.